The van der Waals surface area contributed by atoms with Gasteiger partial charge in [0.05, 0.1) is 29.7 Å². The molecule has 3 heterocycles. The van der Waals surface area contributed by atoms with Crippen LogP contribution in [0.15, 0.2) is 54.6 Å². The quantitative estimate of drug-likeness (QED) is 0.466. The highest BCUT2D eigenvalue weighted by Gasteiger charge is 2.33. The fourth-order valence-electron chi connectivity index (χ4n) is 4.38. The highest BCUT2D eigenvalue weighted by Crippen LogP contribution is 2.34. The molecule has 2 aromatic carbocycles. The van der Waals surface area contributed by atoms with E-state index in [1.165, 1.54) is 6.92 Å². The lowest BCUT2D eigenvalue weighted by Gasteiger charge is -2.40. The number of fused-ring (bicyclic) bond motifs is 1. The number of imidazole rings is 1. The van der Waals surface area contributed by atoms with Gasteiger partial charge < -0.3 is 14.2 Å². The average Bonchev–Trinajstić information content (AvgIpc) is 3.09. The molecule has 0 N–H and O–H groups in total. The average molecular weight is 443 g/mol. The molecule has 0 bridgehead atoms. The van der Waals surface area contributed by atoms with E-state index >= 15 is 0 Å². The molecule has 4 aromatic rings. The molecule has 1 amide bonds. The first-order chi connectivity index (χ1) is 15.9. The third kappa shape index (κ3) is 3.77. The normalized spacial score (nSPS) is 13.8. The number of para-hydroxylation sites is 2. The lowest BCUT2D eigenvalue weighted by atomic mass is 9.99. The smallest absolute Gasteiger partial charge is 0.229 e. The van der Waals surface area contributed by atoms with Crippen molar-refractivity contribution in [2.75, 3.05) is 30.0 Å². The lowest BCUT2D eigenvalue weighted by molar-refractivity contribution is -0.115. The minimum absolute atomic E-state index is 0.120. The van der Waals surface area contributed by atoms with Crippen molar-refractivity contribution in [3.8, 4) is 5.75 Å². The van der Waals surface area contributed by atoms with E-state index in [-0.39, 0.29) is 5.91 Å². The van der Waals surface area contributed by atoms with Crippen LogP contribution in [-0.2, 0) is 11.8 Å². The molecule has 1 aliphatic heterocycles. The molecule has 0 saturated carbocycles. The number of benzene rings is 2. The second kappa shape index (κ2) is 8.20. The van der Waals surface area contributed by atoms with E-state index in [4.69, 9.17) is 9.72 Å². The van der Waals surface area contributed by atoms with Gasteiger partial charge in [-0.1, -0.05) is 12.1 Å². The van der Waals surface area contributed by atoms with Gasteiger partial charge in [0.2, 0.25) is 5.91 Å². The summed E-state index contributed by atoms with van der Waals surface area (Å²) in [6.07, 6.45) is 0. The van der Waals surface area contributed by atoms with Gasteiger partial charge in [-0.2, -0.15) is 0 Å². The number of aromatic nitrogens is 4. The first-order valence-electron chi connectivity index (χ1n) is 10.9. The van der Waals surface area contributed by atoms with E-state index in [1.807, 2.05) is 55.5 Å². The number of anilines is 3. The van der Waals surface area contributed by atoms with E-state index in [0.29, 0.717) is 17.6 Å². The van der Waals surface area contributed by atoms with Crippen LogP contribution in [0.25, 0.3) is 11.0 Å². The molecule has 8 nitrogen and oxygen atoms in total. The number of hydrogen-bond acceptors (Lipinski definition) is 6. The Morgan fingerprint density at radius 1 is 1.06 bits per heavy atom. The zero-order valence-electron chi connectivity index (χ0n) is 19.2. The van der Waals surface area contributed by atoms with Gasteiger partial charge in [-0.25, -0.2) is 15.0 Å². The number of aryl methyl sites for hydroxylation is 2. The fourth-order valence-corrected chi connectivity index (χ4v) is 4.38. The molecule has 5 rings (SSSR count). The van der Waals surface area contributed by atoms with Crippen LogP contribution in [0.5, 0.6) is 5.75 Å². The van der Waals surface area contributed by atoms with Crippen LogP contribution >= 0.6 is 0 Å². The molecule has 33 heavy (non-hydrogen) atoms. The van der Waals surface area contributed by atoms with Crippen molar-refractivity contribution in [1.82, 2.24) is 19.5 Å². The summed E-state index contributed by atoms with van der Waals surface area (Å²) in [4.78, 5) is 30.4. The molecule has 1 fully saturated rings. The maximum absolute atomic E-state index is 12.5. The van der Waals surface area contributed by atoms with Crippen molar-refractivity contribution >= 4 is 34.3 Å². The lowest BCUT2D eigenvalue weighted by Crippen LogP contribution is -2.46. The Morgan fingerprint density at radius 3 is 2.45 bits per heavy atom. The molecule has 2 aromatic heterocycles. The van der Waals surface area contributed by atoms with Crippen LogP contribution in [-0.4, -0.2) is 45.6 Å². The molecule has 0 atom stereocenters. The van der Waals surface area contributed by atoms with Crippen LogP contribution in [0.1, 0.15) is 24.5 Å². The Hall–Kier alpha value is -3.94. The third-order valence-corrected chi connectivity index (χ3v) is 6.08. The predicted molar refractivity (Wildman–Crippen MR) is 128 cm³/mol. The van der Waals surface area contributed by atoms with Crippen molar-refractivity contribution in [3.05, 3.63) is 66.2 Å². The van der Waals surface area contributed by atoms with E-state index in [0.717, 1.165) is 47.2 Å². The first-order valence-corrected chi connectivity index (χ1v) is 10.9. The van der Waals surface area contributed by atoms with Gasteiger partial charge in [-0.05, 0) is 43.3 Å². The van der Waals surface area contributed by atoms with Gasteiger partial charge in [0.15, 0.2) is 0 Å². The van der Waals surface area contributed by atoms with Crippen molar-refractivity contribution in [2.45, 2.75) is 19.8 Å². The minimum Gasteiger partial charge on any atom is -0.497 e. The summed E-state index contributed by atoms with van der Waals surface area (Å²) in [5.41, 5.74) is 2.89. The van der Waals surface area contributed by atoms with Crippen LogP contribution in [0.3, 0.4) is 0 Å². The Bertz CT molecular complexity index is 1320. The van der Waals surface area contributed by atoms with Crippen molar-refractivity contribution in [3.63, 3.8) is 0 Å². The van der Waals surface area contributed by atoms with Crippen LogP contribution in [0.4, 0.5) is 17.3 Å². The molecule has 1 aliphatic rings. The summed E-state index contributed by atoms with van der Waals surface area (Å²) in [5, 5.41) is 0. The summed E-state index contributed by atoms with van der Waals surface area (Å²) in [6, 6.07) is 17.4. The largest absolute Gasteiger partial charge is 0.497 e. The number of nitrogens with zero attached hydrogens (tertiary/aromatic N) is 6. The number of rotatable bonds is 5. The minimum atomic E-state index is -0.120. The number of carbonyl (C=O) groups is 1. The predicted octanol–water partition coefficient (Wildman–Crippen LogP) is 3.97. The number of amides is 1. The van der Waals surface area contributed by atoms with Gasteiger partial charge in [0.1, 0.15) is 29.0 Å². The van der Waals surface area contributed by atoms with Crippen LogP contribution in [0.2, 0.25) is 0 Å². The van der Waals surface area contributed by atoms with Gasteiger partial charge in [0, 0.05) is 33.1 Å². The maximum Gasteiger partial charge on any atom is 0.229 e. The molecule has 0 radical (unpaired) electrons. The summed E-state index contributed by atoms with van der Waals surface area (Å²) in [7, 11) is 3.69. The van der Waals surface area contributed by atoms with E-state index in [1.54, 1.807) is 12.0 Å². The Kier molecular flexibility index (Phi) is 5.20. The van der Waals surface area contributed by atoms with Gasteiger partial charge >= 0.3 is 0 Å². The second-order valence-corrected chi connectivity index (χ2v) is 8.30. The van der Waals surface area contributed by atoms with E-state index in [9.17, 15) is 4.79 Å². The molecule has 0 unspecified atom stereocenters. The molecule has 8 heteroatoms. The maximum atomic E-state index is 12.5. The molecular weight excluding hydrogens is 416 g/mol. The molecule has 0 spiro atoms. The summed E-state index contributed by atoms with van der Waals surface area (Å²) >= 11 is 0. The van der Waals surface area contributed by atoms with E-state index < -0.39 is 0 Å². The monoisotopic (exact) mass is 442 g/mol. The van der Waals surface area contributed by atoms with Crippen molar-refractivity contribution in [2.24, 2.45) is 7.05 Å². The number of methoxy groups -OCH3 is 1. The van der Waals surface area contributed by atoms with Gasteiger partial charge in [-0.15, -0.1) is 0 Å². The second-order valence-electron chi connectivity index (χ2n) is 8.30. The van der Waals surface area contributed by atoms with Crippen molar-refractivity contribution in [1.29, 1.82) is 0 Å². The zero-order valence-corrected chi connectivity index (χ0v) is 19.2. The Morgan fingerprint density at radius 2 is 1.79 bits per heavy atom. The SMILES string of the molecule is COc1ccc(N(C(C)=O)c2cc(N3CC(c4nc5ccccc5n4C)C3)nc(C)n2)cc1. The van der Waals surface area contributed by atoms with Gasteiger partial charge in [0.25, 0.3) is 0 Å². The molecule has 1 saturated heterocycles. The van der Waals surface area contributed by atoms with E-state index in [2.05, 4.69) is 32.5 Å². The van der Waals surface area contributed by atoms with Crippen LogP contribution in [0, 0.1) is 6.92 Å². The number of hydrogen-bond donors (Lipinski definition) is 0. The van der Waals surface area contributed by atoms with Crippen molar-refractivity contribution < 1.29 is 9.53 Å². The molecular formula is C25H26N6O2. The summed E-state index contributed by atoms with van der Waals surface area (Å²) < 4.78 is 7.41. The molecule has 0 aliphatic carbocycles. The number of ether oxygens (including phenoxy) is 1. The first kappa shape index (κ1) is 20.9. The highest BCUT2D eigenvalue weighted by atomic mass is 16.5. The summed E-state index contributed by atoms with van der Waals surface area (Å²) in [6.45, 7) is 5.01. The highest BCUT2D eigenvalue weighted by molar-refractivity contribution is 5.98. The van der Waals surface area contributed by atoms with Gasteiger partial charge in [-0.3, -0.25) is 9.69 Å². The number of carbonyl (C=O) groups excluding carboxylic acids is 1. The van der Waals surface area contributed by atoms with Crippen LogP contribution < -0.4 is 14.5 Å². The topological polar surface area (TPSA) is 76.4 Å². The summed E-state index contributed by atoms with van der Waals surface area (Å²) in [5.74, 6) is 4.01. The Balaban J connectivity index is 1.40. The standard InChI is InChI=1S/C25H26N6O2/c1-16-26-23(13-24(27-16)31(17(2)32)19-9-11-20(33-4)12-10-19)30-14-18(15-30)25-28-21-7-5-6-8-22(21)29(25)3/h5-13,18H,14-15H2,1-4H3. The molecule has 168 valence electrons. The fraction of sp³-hybridized carbons (Fsp3) is 0.280. The Labute approximate surface area is 192 Å². The third-order valence-electron chi connectivity index (χ3n) is 6.08. The zero-order chi connectivity index (χ0) is 23.1.